The third-order valence-electron chi connectivity index (χ3n) is 4.68. The van der Waals surface area contributed by atoms with E-state index in [1.54, 1.807) is 13.0 Å². The molecule has 0 aliphatic heterocycles. The molecule has 1 aliphatic carbocycles. The van der Waals surface area contributed by atoms with Crippen molar-refractivity contribution in [3.8, 4) is 0 Å². The van der Waals surface area contributed by atoms with Gasteiger partial charge in [0.15, 0.2) is 0 Å². The number of carboxylic acid groups (broad SMARTS) is 1. The number of ether oxygens (including phenoxy) is 1. The van der Waals surface area contributed by atoms with Crippen LogP contribution in [0.5, 0.6) is 0 Å². The molecule has 0 aromatic rings. The van der Waals surface area contributed by atoms with Crippen molar-refractivity contribution in [2.24, 2.45) is 5.41 Å². The first-order valence-electron chi connectivity index (χ1n) is 9.59. The zero-order chi connectivity index (χ0) is 22.0. The van der Waals surface area contributed by atoms with E-state index < -0.39 is 17.9 Å². The number of esters is 2. The van der Waals surface area contributed by atoms with Crippen LogP contribution in [0, 0.1) is 5.41 Å². The minimum Gasteiger partial charge on any atom is -0.478 e. The summed E-state index contributed by atoms with van der Waals surface area (Å²) >= 11 is 0. The SMILES string of the molecule is CC(C=CC1=C(C)CCCC1(C)C)=CC=CC(C)=CC(=O)OC(=O)C=CC(=O)O. The monoisotopic (exact) mass is 398 g/mol. The minimum absolute atomic E-state index is 0.200. The first-order valence-corrected chi connectivity index (χ1v) is 9.59. The Morgan fingerprint density at radius 2 is 1.69 bits per heavy atom. The number of hydrogen-bond acceptors (Lipinski definition) is 4. The van der Waals surface area contributed by atoms with Gasteiger partial charge in [0.05, 0.1) is 0 Å². The molecule has 1 N–H and O–H groups in total. The third-order valence-corrected chi connectivity index (χ3v) is 4.68. The Labute approximate surface area is 172 Å². The van der Waals surface area contributed by atoms with Crippen LogP contribution in [0.2, 0.25) is 0 Å². The highest BCUT2D eigenvalue weighted by molar-refractivity contribution is 5.99. The van der Waals surface area contributed by atoms with Gasteiger partial charge in [0, 0.05) is 18.2 Å². The van der Waals surface area contributed by atoms with Gasteiger partial charge in [-0.2, -0.15) is 0 Å². The van der Waals surface area contributed by atoms with E-state index >= 15 is 0 Å². The van der Waals surface area contributed by atoms with E-state index in [1.165, 1.54) is 30.1 Å². The predicted molar refractivity (Wildman–Crippen MR) is 114 cm³/mol. The maximum Gasteiger partial charge on any atom is 0.338 e. The molecule has 0 atom stereocenters. The molecule has 0 bridgehead atoms. The molecule has 5 heteroatoms. The summed E-state index contributed by atoms with van der Waals surface area (Å²) in [5.74, 6) is -3.17. The molecule has 1 rings (SSSR count). The van der Waals surface area contributed by atoms with Gasteiger partial charge in [0.2, 0.25) is 0 Å². The van der Waals surface area contributed by atoms with Crippen LogP contribution in [0.4, 0.5) is 0 Å². The Morgan fingerprint density at radius 3 is 2.31 bits per heavy atom. The highest BCUT2D eigenvalue weighted by atomic mass is 16.6. The van der Waals surface area contributed by atoms with Crippen LogP contribution in [0.25, 0.3) is 0 Å². The second-order valence-corrected chi connectivity index (χ2v) is 7.83. The number of rotatable bonds is 7. The molecule has 0 saturated carbocycles. The minimum atomic E-state index is -1.29. The summed E-state index contributed by atoms with van der Waals surface area (Å²) < 4.78 is 4.46. The zero-order valence-electron chi connectivity index (χ0n) is 17.8. The van der Waals surface area contributed by atoms with Gasteiger partial charge < -0.3 is 9.84 Å². The quantitative estimate of drug-likeness (QED) is 0.275. The smallest absolute Gasteiger partial charge is 0.338 e. The number of hydrogen-bond donors (Lipinski definition) is 1. The molecular weight excluding hydrogens is 368 g/mol. The molecule has 0 saturated heterocycles. The first-order chi connectivity index (χ1) is 13.5. The van der Waals surface area contributed by atoms with E-state index in [1.807, 2.05) is 19.1 Å². The highest BCUT2D eigenvalue weighted by Gasteiger charge is 2.26. The molecule has 156 valence electrons. The fourth-order valence-electron chi connectivity index (χ4n) is 3.17. The second kappa shape index (κ2) is 11.1. The van der Waals surface area contributed by atoms with E-state index in [4.69, 9.17) is 5.11 Å². The lowest BCUT2D eigenvalue weighted by atomic mass is 9.72. The summed E-state index contributed by atoms with van der Waals surface area (Å²) in [6, 6.07) is 0. The number of carbonyl (C=O) groups excluding carboxylic acids is 2. The average Bonchev–Trinajstić information content (AvgIpc) is 2.58. The normalized spacial score (nSPS) is 18.1. The Bertz CT molecular complexity index is 829. The Morgan fingerprint density at radius 1 is 1.00 bits per heavy atom. The zero-order valence-corrected chi connectivity index (χ0v) is 17.8. The number of carboxylic acids is 1. The molecule has 0 radical (unpaired) electrons. The summed E-state index contributed by atoms with van der Waals surface area (Å²) in [6.07, 6.45) is 15.8. The van der Waals surface area contributed by atoms with Gasteiger partial charge in [-0.1, -0.05) is 55.4 Å². The van der Waals surface area contributed by atoms with E-state index in [2.05, 4.69) is 37.7 Å². The lowest BCUT2D eigenvalue weighted by Crippen LogP contribution is -2.19. The largest absolute Gasteiger partial charge is 0.478 e. The Kier molecular flexibility index (Phi) is 9.26. The average molecular weight is 398 g/mol. The predicted octanol–water partition coefficient (Wildman–Crippen LogP) is 5.23. The molecule has 0 aromatic carbocycles. The van der Waals surface area contributed by atoms with Gasteiger partial charge in [-0.05, 0) is 56.6 Å². The number of allylic oxidation sites excluding steroid dienone is 9. The van der Waals surface area contributed by atoms with Crippen molar-refractivity contribution in [2.75, 3.05) is 0 Å². The van der Waals surface area contributed by atoms with Gasteiger partial charge in [-0.15, -0.1) is 0 Å². The summed E-state index contributed by atoms with van der Waals surface area (Å²) in [7, 11) is 0. The van der Waals surface area contributed by atoms with Crippen LogP contribution in [-0.4, -0.2) is 23.0 Å². The second-order valence-electron chi connectivity index (χ2n) is 7.83. The summed E-state index contributed by atoms with van der Waals surface area (Å²) in [4.78, 5) is 33.2. The Hall–Kier alpha value is -2.95. The van der Waals surface area contributed by atoms with Crippen LogP contribution in [0.15, 0.2) is 70.9 Å². The van der Waals surface area contributed by atoms with Gasteiger partial charge in [-0.25, -0.2) is 14.4 Å². The topological polar surface area (TPSA) is 80.7 Å². The van der Waals surface area contributed by atoms with Crippen LogP contribution >= 0.6 is 0 Å². The molecule has 29 heavy (non-hydrogen) atoms. The molecule has 0 aromatic heterocycles. The lowest BCUT2D eigenvalue weighted by Gasteiger charge is -2.32. The molecule has 0 heterocycles. The van der Waals surface area contributed by atoms with Crippen molar-refractivity contribution >= 4 is 17.9 Å². The van der Waals surface area contributed by atoms with E-state index in [0.29, 0.717) is 17.7 Å². The van der Waals surface area contributed by atoms with E-state index in [-0.39, 0.29) is 5.41 Å². The molecular formula is C24H30O5. The Balaban J connectivity index is 2.69. The van der Waals surface area contributed by atoms with Crippen molar-refractivity contribution in [1.29, 1.82) is 0 Å². The van der Waals surface area contributed by atoms with Gasteiger partial charge in [-0.3, -0.25) is 0 Å². The van der Waals surface area contributed by atoms with Crippen LogP contribution < -0.4 is 0 Å². The summed E-state index contributed by atoms with van der Waals surface area (Å²) in [5, 5.41) is 8.42. The van der Waals surface area contributed by atoms with Crippen molar-refractivity contribution < 1.29 is 24.2 Å². The van der Waals surface area contributed by atoms with E-state index in [0.717, 1.165) is 12.0 Å². The summed E-state index contributed by atoms with van der Waals surface area (Å²) in [6.45, 7) is 10.5. The number of carbonyl (C=O) groups is 3. The van der Waals surface area contributed by atoms with Gasteiger partial charge >= 0.3 is 17.9 Å². The van der Waals surface area contributed by atoms with Crippen molar-refractivity contribution in [2.45, 2.75) is 53.9 Å². The van der Waals surface area contributed by atoms with Crippen LogP contribution in [0.1, 0.15) is 53.9 Å². The van der Waals surface area contributed by atoms with Crippen molar-refractivity contribution in [3.05, 3.63) is 70.9 Å². The number of aliphatic carboxylic acids is 1. The van der Waals surface area contributed by atoms with Gasteiger partial charge in [0.1, 0.15) is 0 Å². The molecule has 5 nitrogen and oxygen atoms in total. The van der Waals surface area contributed by atoms with E-state index in [9.17, 15) is 14.4 Å². The van der Waals surface area contributed by atoms with Crippen molar-refractivity contribution in [3.63, 3.8) is 0 Å². The molecule has 0 amide bonds. The highest BCUT2D eigenvalue weighted by Crippen LogP contribution is 2.40. The fourth-order valence-corrected chi connectivity index (χ4v) is 3.17. The van der Waals surface area contributed by atoms with Crippen molar-refractivity contribution in [1.82, 2.24) is 0 Å². The standard InChI is InChI=1S/C24H30O5/c1-17(11-12-20-19(3)10-7-15-24(20,4)5)8-6-9-18(2)16-23(28)29-22(27)14-13-21(25)26/h6,8-9,11-14,16H,7,10,15H2,1-5H3,(H,25,26). The lowest BCUT2D eigenvalue weighted by molar-refractivity contribution is -0.152. The van der Waals surface area contributed by atoms with Gasteiger partial charge in [0.25, 0.3) is 0 Å². The molecule has 1 aliphatic rings. The molecule has 0 unspecified atom stereocenters. The molecule has 0 spiro atoms. The summed E-state index contributed by atoms with van der Waals surface area (Å²) in [5.41, 5.74) is 4.73. The first kappa shape index (κ1) is 24.1. The maximum atomic E-state index is 11.6. The maximum absolute atomic E-state index is 11.6. The third kappa shape index (κ3) is 9.19. The molecule has 0 fully saturated rings. The van der Waals surface area contributed by atoms with Crippen LogP contribution in [-0.2, 0) is 19.1 Å². The van der Waals surface area contributed by atoms with Crippen LogP contribution in [0.3, 0.4) is 0 Å². The fraction of sp³-hybridized carbons (Fsp3) is 0.375.